The fraction of sp³-hybridized carbons (Fsp3) is 0.643. The molecule has 0 saturated heterocycles. The number of carbonyl (C=O) groups excluding carboxylic acids is 2. The van der Waals surface area contributed by atoms with E-state index in [0.717, 1.165) is 56.3 Å². The standard InChI is InChI=1S/C28H38FN5O3/c1-2-30-26(35)22-7-8-24(25(14-22)37-10-6-4-3-5-9-29)34-18-23(32-33-34)27(36)31-28-15-19-11-20(16-28)13-21(12-19)17-28/h7-8,14,18-21H,2-6,9-13,15-17H2,1H3,(H,30,35)(H,31,36). The summed E-state index contributed by atoms with van der Waals surface area (Å²) in [5.41, 5.74) is 1.28. The second-order valence-corrected chi connectivity index (χ2v) is 11.2. The Balaban J connectivity index is 1.30. The highest BCUT2D eigenvalue weighted by Gasteiger charge is 2.51. The van der Waals surface area contributed by atoms with Gasteiger partial charge in [0, 0.05) is 17.6 Å². The number of halogens is 1. The number of nitrogens with one attached hydrogen (secondary N) is 2. The minimum Gasteiger partial charge on any atom is -0.491 e. The summed E-state index contributed by atoms with van der Waals surface area (Å²) in [6.07, 6.45) is 11.8. The number of carbonyl (C=O) groups is 2. The lowest BCUT2D eigenvalue weighted by Gasteiger charge is -2.56. The van der Waals surface area contributed by atoms with E-state index in [1.165, 1.54) is 23.9 Å². The Morgan fingerprint density at radius 3 is 2.43 bits per heavy atom. The predicted octanol–water partition coefficient (Wildman–Crippen LogP) is 4.62. The van der Waals surface area contributed by atoms with Crippen molar-refractivity contribution in [2.75, 3.05) is 19.8 Å². The Bertz CT molecular complexity index is 1080. The maximum Gasteiger partial charge on any atom is 0.273 e. The zero-order chi connectivity index (χ0) is 25.8. The number of ether oxygens (including phenoxy) is 1. The number of nitrogens with zero attached hydrogens (tertiary/aromatic N) is 3. The van der Waals surface area contributed by atoms with E-state index < -0.39 is 0 Å². The second kappa shape index (κ2) is 11.2. The fourth-order valence-electron chi connectivity index (χ4n) is 7.01. The lowest BCUT2D eigenvalue weighted by Crippen LogP contribution is -2.59. The second-order valence-electron chi connectivity index (χ2n) is 11.2. The molecule has 1 heterocycles. The van der Waals surface area contributed by atoms with Crippen LogP contribution >= 0.6 is 0 Å². The van der Waals surface area contributed by atoms with Crippen LogP contribution in [0.15, 0.2) is 24.4 Å². The molecule has 0 unspecified atom stereocenters. The highest BCUT2D eigenvalue weighted by Crippen LogP contribution is 2.55. The summed E-state index contributed by atoms with van der Waals surface area (Å²) in [6.45, 7) is 2.53. The van der Waals surface area contributed by atoms with Crippen LogP contribution in [0.25, 0.3) is 5.69 Å². The molecule has 0 aliphatic heterocycles. The summed E-state index contributed by atoms with van der Waals surface area (Å²) in [4.78, 5) is 25.6. The molecule has 2 aromatic rings. The predicted molar refractivity (Wildman–Crippen MR) is 138 cm³/mol. The van der Waals surface area contributed by atoms with Gasteiger partial charge in [0.2, 0.25) is 0 Å². The average Bonchev–Trinajstić information content (AvgIpc) is 3.35. The van der Waals surface area contributed by atoms with Crippen molar-refractivity contribution >= 4 is 11.8 Å². The summed E-state index contributed by atoms with van der Waals surface area (Å²) in [5.74, 6) is 2.35. The Labute approximate surface area is 217 Å². The third kappa shape index (κ3) is 5.80. The molecule has 6 rings (SSSR count). The van der Waals surface area contributed by atoms with Crippen molar-refractivity contribution in [1.29, 1.82) is 0 Å². The Morgan fingerprint density at radius 2 is 1.76 bits per heavy atom. The van der Waals surface area contributed by atoms with Crippen LogP contribution in [0.4, 0.5) is 4.39 Å². The third-order valence-electron chi connectivity index (χ3n) is 8.23. The van der Waals surface area contributed by atoms with E-state index in [-0.39, 0.29) is 29.7 Å². The van der Waals surface area contributed by atoms with Gasteiger partial charge in [0.25, 0.3) is 11.8 Å². The quantitative estimate of drug-likeness (QED) is 0.405. The Kier molecular flexibility index (Phi) is 7.76. The smallest absolute Gasteiger partial charge is 0.273 e. The van der Waals surface area contributed by atoms with Crippen molar-refractivity contribution in [3.05, 3.63) is 35.7 Å². The molecule has 0 radical (unpaired) electrons. The molecule has 2 amide bonds. The van der Waals surface area contributed by atoms with Crippen LogP contribution in [-0.2, 0) is 0 Å². The van der Waals surface area contributed by atoms with Gasteiger partial charge in [0.1, 0.15) is 11.4 Å². The molecule has 4 saturated carbocycles. The number of hydrogen-bond donors (Lipinski definition) is 2. The van der Waals surface area contributed by atoms with E-state index in [1.807, 2.05) is 6.92 Å². The normalized spacial score (nSPS) is 25.7. The van der Waals surface area contributed by atoms with Crippen LogP contribution in [0, 0.1) is 17.8 Å². The van der Waals surface area contributed by atoms with Gasteiger partial charge in [-0.15, -0.1) is 5.10 Å². The van der Waals surface area contributed by atoms with Gasteiger partial charge in [-0.25, -0.2) is 4.68 Å². The highest BCUT2D eigenvalue weighted by atomic mass is 19.1. The first-order valence-electron chi connectivity index (χ1n) is 13.8. The first-order valence-corrected chi connectivity index (χ1v) is 13.8. The van der Waals surface area contributed by atoms with Crippen molar-refractivity contribution in [3.8, 4) is 11.4 Å². The van der Waals surface area contributed by atoms with E-state index in [4.69, 9.17) is 4.74 Å². The monoisotopic (exact) mass is 511 g/mol. The molecule has 1 aromatic heterocycles. The molecule has 4 bridgehead atoms. The molecule has 37 heavy (non-hydrogen) atoms. The van der Waals surface area contributed by atoms with E-state index in [1.54, 1.807) is 24.4 Å². The van der Waals surface area contributed by atoms with Crippen molar-refractivity contribution in [2.24, 2.45) is 17.8 Å². The number of benzene rings is 1. The van der Waals surface area contributed by atoms with Gasteiger partial charge in [-0.1, -0.05) is 11.6 Å². The number of aromatic nitrogens is 3. The molecule has 4 fully saturated rings. The molecule has 8 nitrogen and oxygen atoms in total. The molecule has 200 valence electrons. The lowest BCUT2D eigenvalue weighted by molar-refractivity contribution is -0.0167. The van der Waals surface area contributed by atoms with Crippen molar-refractivity contribution in [3.63, 3.8) is 0 Å². The van der Waals surface area contributed by atoms with Crippen LogP contribution < -0.4 is 15.4 Å². The zero-order valence-corrected chi connectivity index (χ0v) is 21.7. The summed E-state index contributed by atoms with van der Waals surface area (Å²) < 4.78 is 19.9. The molecular formula is C28H38FN5O3. The topological polar surface area (TPSA) is 98.1 Å². The molecule has 9 heteroatoms. The van der Waals surface area contributed by atoms with Crippen LogP contribution in [0.5, 0.6) is 5.75 Å². The van der Waals surface area contributed by atoms with Crippen molar-refractivity contribution in [2.45, 2.75) is 76.7 Å². The molecule has 4 aliphatic rings. The fourth-order valence-corrected chi connectivity index (χ4v) is 7.01. The number of unbranched alkanes of at least 4 members (excludes halogenated alkanes) is 3. The van der Waals surface area contributed by atoms with Crippen molar-refractivity contribution < 1.29 is 18.7 Å². The first-order chi connectivity index (χ1) is 18.0. The maximum atomic E-state index is 13.2. The minimum atomic E-state index is -0.301. The van der Waals surface area contributed by atoms with Gasteiger partial charge in [-0.05, 0) is 101 Å². The maximum absolute atomic E-state index is 13.2. The third-order valence-corrected chi connectivity index (χ3v) is 8.23. The van der Waals surface area contributed by atoms with E-state index in [2.05, 4.69) is 20.9 Å². The highest BCUT2D eigenvalue weighted by molar-refractivity contribution is 5.95. The first kappa shape index (κ1) is 25.7. The number of rotatable bonds is 12. The Morgan fingerprint density at radius 1 is 1.05 bits per heavy atom. The van der Waals surface area contributed by atoms with Crippen LogP contribution in [0.1, 0.15) is 92.0 Å². The summed E-state index contributed by atoms with van der Waals surface area (Å²) in [7, 11) is 0. The largest absolute Gasteiger partial charge is 0.491 e. The summed E-state index contributed by atoms with van der Waals surface area (Å²) in [6, 6.07) is 5.17. The van der Waals surface area contributed by atoms with E-state index in [9.17, 15) is 14.0 Å². The van der Waals surface area contributed by atoms with Crippen LogP contribution in [0.2, 0.25) is 0 Å². The van der Waals surface area contributed by atoms with Gasteiger partial charge in [0.05, 0.1) is 19.5 Å². The molecule has 0 spiro atoms. The average molecular weight is 512 g/mol. The van der Waals surface area contributed by atoms with Crippen molar-refractivity contribution in [1.82, 2.24) is 25.6 Å². The van der Waals surface area contributed by atoms with Crippen LogP contribution in [-0.4, -0.2) is 52.2 Å². The van der Waals surface area contributed by atoms with E-state index >= 15 is 0 Å². The summed E-state index contributed by atoms with van der Waals surface area (Å²) in [5, 5.41) is 14.6. The van der Waals surface area contributed by atoms with Gasteiger partial charge in [-0.3, -0.25) is 14.0 Å². The van der Waals surface area contributed by atoms with Gasteiger partial charge in [0.15, 0.2) is 5.69 Å². The minimum absolute atomic E-state index is 0.0969. The summed E-state index contributed by atoms with van der Waals surface area (Å²) >= 11 is 0. The SMILES string of the molecule is CCNC(=O)c1ccc(-n2cc(C(=O)NC34CC5CC(CC(C5)C3)C4)nn2)c(OCCCCCCF)c1. The molecule has 1 aromatic carbocycles. The number of hydrogen-bond acceptors (Lipinski definition) is 5. The number of alkyl halides is 1. The molecule has 2 N–H and O–H groups in total. The molecular weight excluding hydrogens is 473 g/mol. The molecule has 4 aliphatic carbocycles. The molecule has 0 atom stereocenters. The van der Waals surface area contributed by atoms with E-state index in [0.29, 0.717) is 36.6 Å². The van der Waals surface area contributed by atoms with Gasteiger partial charge < -0.3 is 15.4 Å². The number of amides is 2. The van der Waals surface area contributed by atoms with Crippen LogP contribution in [0.3, 0.4) is 0 Å². The zero-order valence-electron chi connectivity index (χ0n) is 21.7. The lowest BCUT2D eigenvalue weighted by atomic mass is 9.53. The van der Waals surface area contributed by atoms with Gasteiger partial charge >= 0.3 is 0 Å². The Hall–Kier alpha value is -2.97. The van der Waals surface area contributed by atoms with Gasteiger partial charge in [-0.2, -0.15) is 0 Å².